The van der Waals surface area contributed by atoms with Gasteiger partial charge >= 0.3 is 11.9 Å². The number of rotatable bonds is 2. The SMILES string of the molecule is CC1CN(C)C(C)N1C.Cc1cccc(C(=O)O)c1C(=O)O. The van der Waals surface area contributed by atoms with Crippen molar-refractivity contribution in [2.24, 2.45) is 0 Å². The van der Waals surface area contributed by atoms with Gasteiger partial charge in [0.2, 0.25) is 0 Å². The van der Waals surface area contributed by atoms with Gasteiger partial charge in [-0.15, -0.1) is 0 Å². The molecule has 2 N–H and O–H groups in total. The maximum atomic E-state index is 10.7. The summed E-state index contributed by atoms with van der Waals surface area (Å²) in [5.74, 6) is -2.43. The van der Waals surface area contributed by atoms with Gasteiger partial charge < -0.3 is 10.2 Å². The van der Waals surface area contributed by atoms with Crippen LogP contribution in [-0.4, -0.2) is 64.8 Å². The average Bonchev–Trinajstić information content (AvgIpc) is 2.65. The van der Waals surface area contributed by atoms with E-state index in [2.05, 4.69) is 37.7 Å². The lowest BCUT2D eigenvalue weighted by Crippen LogP contribution is -2.32. The van der Waals surface area contributed by atoms with Crippen molar-refractivity contribution in [1.29, 1.82) is 0 Å². The topological polar surface area (TPSA) is 81.1 Å². The fraction of sp³-hybridized carbons (Fsp3) is 0.500. The van der Waals surface area contributed by atoms with E-state index < -0.39 is 11.9 Å². The summed E-state index contributed by atoms with van der Waals surface area (Å²) in [4.78, 5) is 26.1. The Hall–Kier alpha value is -1.92. The van der Waals surface area contributed by atoms with Gasteiger partial charge in [0.1, 0.15) is 0 Å². The molecule has 0 spiro atoms. The summed E-state index contributed by atoms with van der Waals surface area (Å²) in [6.07, 6.45) is 0.625. The van der Waals surface area contributed by atoms with Crippen molar-refractivity contribution in [3.63, 3.8) is 0 Å². The van der Waals surface area contributed by atoms with E-state index in [-0.39, 0.29) is 11.1 Å². The number of carboxylic acid groups (broad SMARTS) is 2. The van der Waals surface area contributed by atoms with Crippen molar-refractivity contribution in [1.82, 2.24) is 9.80 Å². The van der Waals surface area contributed by atoms with Gasteiger partial charge in [-0.05, 0) is 46.5 Å². The predicted molar refractivity (Wildman–Crippen MR) is 84.4 cm³/mol. The van der Waals surface area contributed by atoms with Crippen LogP contribution in [0.25, 0.3) is 0 Å². The van der Waals surface area contributed by atoms with Crippen molar-refractivity contribution in [3.8, 4) is 0 Å². The molecule has 2 unspecified atom stereocenters. The van der Waals surface area contributed by atoms with Gasteiger partial charge in [0.15, 0.2) is 0 Å². The zero-order chi connectivity index (χ0) is 17.0. The molecule has 2 atom stereocenters. The average molecular weight is 308 g/mol. The van der Waals surface area contributed by atoms with Gasteiger partial charge in [-0.2, -0.15) is 0 Å². The molecule has 6 heteroatoms. The van der Waals surface area contributed by atoms with Crippen LogP contribution in [0, 0.1) is 6.92 Å². The van der Waals surface area contributed by atoms with Crippen LogP contribution in [0.1, 0.15) is 40.1 Å². The van der Waals surface area contributed by atoms with Crippen molar-refractivity contribution in [3.05, 3.63) is 34.9 Å². The molecule has 0 amide bonds. The lowest BCUT2D eigenvalue weighted by atomic mass is 10.0. The maximum absolute atomic E-state index is 10.7. The van der Waals surface area contributed by atoms with E-state index in [1.807, 2.05) is 0 Å². The second kappa shape index (κ2) is 7.38. The van der Waals surface area contributed by atoms with Gasteiger partial charge in [-0.3, -0.25) is 9.80 Å². The summed E-state index contributed by atoms with van der Waals surface area (Å²) >= 11 is 0. The standard InChI is InChI=1S/C9H8O4.C7H16N2/c1-5-3-2-4-6(8(10)11)7(5)9(12)13;1-6-5-8(3)7(2)9(6)4/h2-4H,1H3,(H,10,11)(H,12,13);6-7H,5H2,1-4H3. The smallest absolute Gasteiger partial charge is 0.336 e. The first-order chi connectivity index (χ1) is 10.2. The second-order valence-corrected chi connectivity index (χ2v) is 5.69. The number of aromatic carboxylic acids is 2. The minimum Gasteiger partial charge on any atom is -0.478 e. The predicted octanol–water partition coefficient (Wildman–Crippen LogP) is 1.99. The van der Waals surface area contributed by atoms with Gasteiger partial charge in [0, 0.05) is 12.6 Å². The molecule has 1 aromatic carbocycles. The van der Waals surface area contributed by atoms with Crippen LogP contribution < -0.4 is 0 Å². The molecule has 1 aromatic rings. The molecule has 1 heterocycles. The van der Waals surface area contributed by atoms with E-state index in [0.29, 0.717) is 11.7 Å². The van der Waals surface area contributed by atoms with Crippen LogP contribution in [0.3, 0.4) is 0 Å². The highest BCUT2D eigenvalue weighted by molar-refractivity contribution is 6.02. The minimum absolute atomic E-state index is 0.144. The number of aryl methyl sites for hydroxylation is 1. The van der Waals surface area contributed by atoms with E-state index in [1.165, 1.54) is 18.7 Å². The Morgan fingerprint density at radius 3 is 2.00 bits per heavy atom. The van der Waals surface area contributed by atoms with Gasteiger partial charge in [-0.1, -0.05) is 12.1 Å². The number of nitrogens with zero attached hydrogens (tertiary/aromatic N) is 2. The van der Waals surface area contributed by atoms with Crippen molar-refractivity contribution >= 4 is 11.9 Å². The van der Waals surface area contributed by atoms with Crippen LogP contribution in [0.2, 0.25) is 0 Å². The summed E-state index contributed by atoms with van der Waals surface area (Å²) in [7, 11) is 4.35. The largest absolute Gasteiger partial charge is 0.478 e. The van der Waals surface area contributed by atoms with Gasteiger partial charge in [0.05, 0.1) is 17.3 Å². The number of likely N-dealkylation sites (N-methyl/N-ethyl adjacent to an activating group) is 2. The molecular formula is C16H24N2O4. The first kappa shape index (κ1) is 18.1. The molecule has 1 aliphatic heterocycles. The monoisotopic (exact) mass is 308 g/mol. The van der Waals surface area contributed by atoms with Gasteiger partial charge in [-0.25, -0.2) is 9.59 Å². The Labute approximate surface area is 131 Å². The lowest BCUT2D eigenvalue weighted by molar-refractivity contribution is 0.0651. The van der Waals surface area contributed by atoms with E-state index in [9.17, 15) is 9.59 Å². The van der Waals surface area contributed by atoms with E-state index in [1.54, 1.807) is 13.0 Å². The zero-order valence-corrected chi connectivity index (χ0v) is 13.7. The third-order valence-corrected chi connectivity index (χ3v) is 4.19. The fourth-order valence-electron chi connectivity index (χ4n) is 2.51. The summed E-state index contributed by atoms with van der Waals surface area (Å²) in [6, 6.07) is 5.09. The highest BCUT2D eigenvalue weighted by atomic mass is 16.4. The third kappa shape index (κ3) is 4.05. The maximum Gasteiger partial charge on any atom is 0.336 e. The molecule has 0 saturated carbocycles. The Morgan fingerprint density at radius 2 is 1.73 bits per heavy atom. The summed E-state index contributed by atoms with van der Waals surface area (Å²) < 4.78 is 0. The van der Waals surface area contributed by atoms with Crippen LogP contribution in [0.15, 0.2) is 18.2 Å². The Bertz CT molecular complexity index is 547. The third-order valence-electron chi connectivity index (χ3n) is 4.19. The van der Waals surface area contributed by atoms with Crippen LogP contribution in [-0.2, 0) is 0 Å². The number of carboxylic acids is 2. The molecule has 6 nitrogen and oxygen atoms in total. The molecule has 0 radical (unpaired) electrons. The second-order valence-electron chi connectivity index (χ2n) is 5.69. The minimum atomic E-state index is -1.22. The summed E-state index contributed by atoms with van der Waals surface area (Å²) in [6.45, 7) is 7.27. The number of carbonyl (C=O) groups is 2. The van der Waals surface area contributed by atoms with E-state index >= 15 is 0 Å². The highest BCUT2D eigenvalue weighted by Gasteiger charge is 2.27. The molecule has 0 bridgehead atoms. The van der Waals surface area contributed by atoms with Crippen molar-refractivity contribution < 1.29 is 19.8 Å². The zero-order valence-electron chi connectivity index (χ0n) is 13.7. The first-order valence-corrected chi connectivity index (χ1v) is 7.15. The molecule has 0 aliphatic carbocycles. The van der Waals surface area contributed by atoms with Gasteiger partial charge in [0.25, 0.3) is 0 Å². The molecule has 2 rings (SSSR count). The quantitative estimate of drug-likeness (QED) is 0.869. The van der Waals surface area contributed by atoms with E-state index in [4.69, 9.17) is 10.2 Å². The molecule has 1 aliphatic rings. The Morgan fingerprint density at radius 1 is 1.14 bits per heavy atom. The normalized spacial score (nSPS) is 22.0. The molecule has 0 aromatic heterocycles. The number of hydrogen-bond donors (Lipinski definition) is 2. The highest BCUT2D eigenvalue weighted by Crippen LogP contribution is 2.15. The molecule has 22 heavy (non-hydrogen) atoms. The number of hydrogen-bond acceptors (Lipinski definition) is 4. The van der Waals surface area contributed by atoms with Crippen LogP contribution in [0.5, 0.6) is 0 Å². The molecule has 1 fully saturated rings. The van der Waals surface area contributed by atoms with Crippen LogP contribution in [0.4, 0.5) is 0 Å². The molecule has 1 saturated heterocycles. The summed E-state index contributed by atoms with van der Waals surface area (Å²) in [5.41, 5.74) is 0.134. The fourth-order valence-corrected chi connectivity index (χ4v) is 2.51. The number of benzene rings is 1. The first-order valence-electron chi connectivity index (χ1n) is 7.15. The van der Waals surface area contributed by atoms with E-state index in [0.717, 1.165) is 6.04 Å². The molecule has 122 valence electrons. The Balaban J connectivity index is 0.000000235. The Kier molecular flexibility index (Phi) is 6.08. The lowest BCUT2D eigenvalue weighted by Gasteiger charge is -2.21. The van der Waals surface area contributed by atoms with Crippen molar-refractivity contribution in [2.75, 3.05) is 20.6 Å². The summed E-state index contributed by atoms with van der Waals surface area (Å²) in [5, 5.41) is 17.4. The molecular weight excluding hydrogens is 284 g/mol. The van der Waals surface area contributed by atoms with Crippen molar-refractivity contribution in [2.45, 2.75) is 33.0 Å². The van der Waals surface area contributed by atoms with Crippen LogP contribution >= 0.6 is 0 Å².